The summed E-state index contributed by atoms with van der Waals surface area (Å²) < 4.78 is 10.4. The fourth-order valence-corrected chi connectivity index (χ4v) is 2.57. The lowest BCUT2D eigenvalue weighted by molar-refractivity contribution is -0.385. The van der Waals surface area contributed by atoms with Crippen molar-refractivity contribution in [1.29, 1.82) is 0 Å². The monoisotopic (exact) mass is 328 g/mol. The van der Waals surface area contributed by atoms with Gasteiger partial charge in [-0.25, -0.2) is 0 Å². The van der Waals surface area contributed by atoms with E-state index in [-0.39, 0.29) is 24.0 Å². The number of amides is 1. The number of benzene rings is 2. The van der Waals surface area contributed by atoms with Crippen molar-refractivity contribution in [3.63, 3.8) is 0 Å². The van der Waals surface area contributed by atoms with Crippen molar-refractivity contribution in [2.75, 3.05) is 18.6 Å². The smallest absolute Gasteiger partial charge is 0.314 e. The van der Waals surface area contributed by atoms with Crippen molar-refractivity contribution in [2.24, 2.45) is 0 Å². The Bertz CT molecular complexity index is 801. The van der Waals surface area contributed by atoms with E-state index in [4.69, 9.17) is 9.47 Å². The third kappa shape index (κ3) is 2.88. The summed E-state index contributed by atoms with van der Waals surface area (Å²) in [5.41, 5.74) is 2.36. The maximum absolute atomic E-state index is 12.3. The first-order valence-electron chi connectivity index (χ1n) is 7.34. The van der Waals surface area contributed by atoms with Gasteiger partial charge in [-0.05, 0) is 12.5 Å². The Morgan fingerprint density at radius 1 is 1.29 bits per heavy atom. The van der Waals surface area contributed by atoms with Gasteiger partial charge in [0.05, 0.1) is 30.3 Å². The Hall–Kier alpha value is -3.09. The van der Waals surface area contributed by atoms with Crippen LogP contribution in [0.5, 0.6) is 11.5 Å². The summed E-state index contributed by atoms with van der Waals surface area (Å²) in [6.07, 6.45) is 0. The zero-order valence-electron chi connectivity index (χ0n) is 13.3. The van der Waals surface area contributed by atoms with Crippen LogP contribution < -0.4 is 14.4 Å². The number of rotatable bonds is 4. The van der Waals surface area contributed by atoms with Crippen LogP contribution in [0.25, 0.3) is 0 Å². The number of methoxy groups -OCH3 is 1. The van der Waals surface area contributed by atoms with Crippen LogP contribution in [0.1, 0.15) is 11.1 Å². The highest BCUT2D eigenvalue weighted by Gasteiger charge is 2.30. The maximum atomic E-state index is 12.3. The molecule has 0 spiro atoms. The molecule has 1 aliphatic rings. The van der Waals surface area contributed by atoms with Crippen molar-refractivity contribution < 1.29 is 19.2 Å². The molecule has 124 valence electrons. The van der Waals surface area contributed by atoms with Crippen molar-refractivity contribution in [3.8, 4) is 11.5 Å². The van der Waals surface area contributed by atoms with E-state index in [2.05, 4.69) is 0 Å². The third-order valence-electron chi connectivity index (χ3n) is 3.86. The van der Waals surface area contributed by atoms with Gasteiger partial charge in [0.2, 0.25) is 0 Å². The molecule has 7 nitrogen and oxygen atoms in total. The van der Waals surface area contributed by atoms with E-state index in [1.807, 2.05) is 31.2 Å². The minimum Gasteiger partial charge on any atom is -0.490 e. The summed E-state index contributed by atoms with van der Waals surface area (Å²) >= 11 is 0. The van der Waals surface area contributed by atoms with Gasteiger partial charge < -0.3 is 14.4 Å². The SMILES string of the molecule is COc1cc2c(cc1[N+](=O)[O-])OCC(=O)N2Cc1ccc(C)cc1. The van der Waals surface area contributed by atoms with Gasteiger partial charge in [0.15, 0.2) is 18.1 Å². The average molecular weight is 328 g/mol. The van der Waals surface area contributed by atoms with Gasteiger partial charge in [-0.1, -0.05) is 29.8 Å². The van der Waals surface area contributed by atoms with E-state index in [1.54, 1.807) is 4.90 Å². The number of nitrogens with zero attached hydrogens (tertiary/aromatic N) is 2. The van der Waals surface area contributed by atoms with Gasteiger partial charge in [-0.15, -0.1) is 0 Å². The zero-order valence-corrected chi connectivity index (χ0v) is 13.3. The molecule has 0 radical (unpaired) electrons. The Morgan fingerprint density at radius 3 is 2.62 bits per heavy atom. The molecule has 1 aliphatic heterocycles. The number of nitro groups is 1. The number of fused-ring (bicyclic) bond motifs is 1. The molecular weight excluding hydrogens is 312 g/mol. The van der Waals surface area contributed by atoms with E-state index in [0.717, 1.165) is 11.1 Å². The third-order valence-corrected chi connectivity index (χ3v) is 3.86. The Morgan fingerprint density at radius 2 is 2.00 bits per heavy atom. The Balaban J connectivity index is 2.01. The summed E-state index contributed by atoms with van der Waals surface area (Å²) in [7, 11) is 1.35. The maximum Gasteiger partial charge on any atom is 0.314 e. The quantitative estimate of drug-likeness (QED) is 0.637. The van der Waals surface area contributed by atoms with Crippen LogP contribution in [0.4, 0.5) is 11.4 Å². The van der Waals surface area contributed by atoms with Crippen molar-refractivity contribution in [2.45, 2.75) is 13.5 Å². The molecule has 0 aromatic heterocycles. The van der Waals surface area contributed by atoms with E-state index >= 15 is 0 Å². The lowest BCUT2D eigenvalue weighted by Crippen LogP contribution is -2.38. The van der Waals surface area contributed by atoms with Crippen LogP contribution in [0.2, 0.25) is 0 Å². The molecule has 0 N–H and O–H groups in total. The number of aryl methyl sites for hydroxylation is 1. The van der Waals surface area contributed by atoms with Crippen LogP contribution in [-0.2, 0) is 11.3 Å². The second-order valence-electron chi connectivity index (χ2n) is 5.50. The fraction of sp³-hybridized carbons (Fsp3) is 0.235. The summed E-state index contributed by atoms with van der Waals surface area (Å²) in [5.74, 6) is 0.180. The fourth-order valence-electron chi connectivity index (χ4n) is 2.57. The Labute approximate surface area is 138 Å². The summed E-state index contributed by atoms with van der Waals surface area (Å²) in [4.78, 5) is 24.4. The second kappa shape index (κ2) is 6.19. The zero-order chi connectivity index (χ0) is 17.3. The van der Waals surface area contributed by atoms with Crippen molar-refractivity contribution >= 4 is 17.3 Å². The predicted octanol–water partition coefficient (Wildman–Crippen LogP) is 2.84. The molecular formula is C17H16N2O5. The normalized spacial score (nSPS) is 13.2. The largest absolute Gasteiger partial charge is 0.490 e. The number of carbonyl (C=O) groups excluding carboxylic acids is 1. The molecule has 1 amide bonds. The molecule has 24 heavy (non-hydrogen) atoms. The molecule has 3 rings (SSSR count). The van der Waals surface area contributed by atoms with Crippen LogP contribution >= 0.6 is 0 Å². The number of nitro benzene ring substituents is 1. The molecule has 0 bridgehead atoms. The molecule has 2 aromatic rings. The first-order valence-corrected chi connectivity index (χ1v) is 7.34. The lowest BCUT2D eigenvalue weighted by atomic mass is 10.1. The molecule has 0 fully saturated rings. The molecule has 1 heterocycles. The topological polar surface area (TPSA) is 81.9 Å². The molecule has 0 unspecified atom stereocenters. The summed E-state index contributed by atoms with van der Waals surface area (Å²) in [6, 6.07) is 10.6. The minimum atomic E-state index is -0.538. The highest BCUT2D eigenvalue weighted by molar-refractivity contribution is 5.98. The second-order valence-corrected chi connectivity index (χ2v) is 5.50. The van der Waals surface area contributed by atoms with Crippen molar-refractivity contribution in [3.05, 3.63) is 57.6 Å². The first kappa shape index (κ1) is 15.8. The predicted molar refractivity (Wildman–Crippen MR) is 87.5 cm³/mol. The van der Waals surface area contributed by atoms with Gasteiger partial charge in [0.25, 0.3) is 5.91 Å². The summed E-state index contributed by atoms with van der Waals surface area (Å²) in [5, 5.41) is 11.1. The standard InChI is InChI=1S/C17H16N2O5/c1-11-3-5-12(6-4-11)9-18-13-7-15(23-2)14(19(21)22)8-16(13)24-10-17(18)20/h3-8H,9-10H2,1-2H3. The van der Waals surface area contributed by atoms with Crippen LogP contribution in [0.15, 0.2) is 36.4 Å². The molecule has 0 aliphatic carbocycles. The van der Waals surface area contributed by atoms with Gasteiger partial charge in [0.1, 0.15) is 0 Å². The molecule has 7 heteroatoms. The molecule has 0 saturated carbocycles. The number of hydrogen-bond acceptors (Lipinski definition) is 5. The molecule has 0 atom stereocenters. The highest BCUT2D eigenvalue weighted by atomic mass is 16.6. The van der Waals surface area contributed by atoms with Gasteiger partial charge in [-0.2, -0.15) is 0 Å². The van der Waals surface area contributed by atoms with Crippen molar-refractivity contribution in [1.82, 2.24) is 0 Å². The number of ether oxygens (including phenoxy) is 2. The van der Waals surface area contributed by atoms with E-state index in [1.165, 1.54) is 19.2 Å². The Kier molecular flexibility index (Phi) is 4.07. The minimum absolute atomic E-state index is 0.0888. The van der Waals surface area contributed by atoms with E-state index in [0.29, 0.717) is 18.0 Å². The summed E-state index contributed by atoms with van der Waals surface area (Å²) in [6.45, 7) is 2.20. The van der Waals surface area contributed by atoms with Crippen LogP contribution in [0.3, 0.4) is 0 Å². The van der Waals surface area contributed by atoms with Crippen LogP contribution in [0, 0.1) is 17.0 Å². The average Bonchev–Trinajstić information content (AvgIpc) is 2.58. The highest BCUT2D eigenvalue weighted by Crippen LogP contribution is 2.41. The number of carbonyl (C=O) groups is 1. The number of anilines is 1. The van der Waals surface area contributed by atoms with Gasteiger partial charge in [0, 0.05) is 6.07 Å². The van der Waals surface area contributed by atoms with E-state index in [9.17, 15) is 14.9 Å². The van der Waals surface area contributed by atoms with E-state index < -0.39 is 4.92 Å². The number of hydrogen-bond donors (Lipinski definition) is 0. The lowest BCUT2D eigenvalue weighted by Gasteiger charge is -2.29. The molecule has 0 saturated heterocycles. The van der Waals surface area contributed by atoms with Gasteiger partial charge in [-0.3, -0.25) is 14.9 Å². The molecule has 2 aromatic carbocycles. The van der Waals surface area contributed by atoms with Crippen LogP contribution in [-0.4, -0.2) is 24.5 Å². The van der Waals surface area contributed by atoms with Gasteiger partial charge >= 0.3 is 5.69 Å². The first-order chi connectivity index (χ1) is 11.5.